The number of carboxylic acids is 1. The largest absolute Gasteiger partial charge is 0.478 e. The first-order valence-corrected chi connectivity index (χ1v) is 9.34. The van der Waals surface area contributed by atoms with Crippen LogP contribution in [0.2, 0.25) is 0 Å². The SMILES string of the molecule is CCN(C(=O)Cc1ccc(C(=O)O)cc1)C(C)CS(=O)(=O)CC. The summed E-state index contributed by atoms with van der Waals surface area (Å²) in [6.07, 6.45) is 0.115. The summed E-state index contributed by atoms with van der Waals surface area (Å²) in [5.41, 5.74) is 0.861. The van der Waals surface area contributed by atoms with Crippen LogP contribution in [0.1, 0.15) is 36.7 Å². The predicted molar refractivity (Wildman–Crippen MR) is 88.3 cm³/mol. The third-order valence-corrected chi connectivity index (χ3v) is 5.55. The second-order valence-corrected chi connectivity index (χ2v) is 7.80. The minimum Gasteiger partial charge on any atom is -0.478 e. The monoisotopic (exact) mass is 341 g/mol. The topological polar surface area (TPSA) is 91.8 Å². The van der Waals surface area contributed by atoms with Crippen LogP contribution in [0.3, 0.4) is 0 Å². The van der Waals surface area contributed by atoms with Gasteiger partial charge in [0.05, 0.1) is 17.7 Å². The van der Waals surface area contributed by atoms with Crippen molar-refractivity contribution >= 4 is 21.7 Å². The quantitative estimate of drug-likeness (QED) is 0.775. The second kappa shape index (κ2) is 8.10. The summed E-state index contributed by atoms with van der Waals surface area (Å²) in [4.78, 5) is 24.7. The lowest BCUT2D eigenvalue weighted by atomic mass is 10.1. The lowest BCUT2D eigenvalue weighted by molar-refractivity contribution is -0.131. The van der Waals surface area contributed by atoms with Gasteiger partial charge in [-0.1, -0.05) is 19.1 Å². The summed E-state index contributed by atoms with van der Waals surface area (Å²) >= 11 is 0. The Morgan fingerprint density at radius 2 is 1.74 bits per heavy atom. The molecule has 1 atom stereocenters. The molecule has 1 rings (SSSR count). The Labute approximate surface area is 137 Å². The van der Waals surface area contributed by atoms with Crippen molar-refractivity contribution in [2.24, 2.45) is 0 Å². The molecule has 0 aliphatic rings. The van der Waals surface area contributed by atoms with Crippen LogP contribution in [-0.4, -0.2) is 54.4 Å². The molecule has 0 heterocycles. The molecule has 1 aromatic carbocycles. The van der Waals surface area contributed by atoms with Crippen LogP contribution in [0.4, 0.5) is 0 Å². The number of hydrogen-bond acceptors (Lipinski definition) is 4. The summed E-state index contributed by atoms with van der Waals surface area (Å²) in [6, 6.07) is 5.71. The molecule has 0 saturated carbocycles. The van der Waals surface area contributed by atoms with Gasteiger partial charge in [-0.15, -0.1) is 0 Å². The highest BCUT2D eigenvalue weighted by molar-refractivity contribution is 7.91. The van der Waals surface area contributed by atoms with E-state index in [-0.39, 0.29) is 29.4 Å². The molecule has 1 N–H and O–H groups in total. The van der Waals surface area contributed by atoms with Crippen LogP contribution in [0.5, 0.6) is 0 Å². The van der Waals surface area contributed by atoms with Crippen molar-refractivity contribution in [1.29, 1.82) is 0 Å². The number of likely N-dealkylation sites (N-methyl/N-ethyl adjacent to an activating group) is 1. The maximum absolute atomic E-state index is 12.4. The van der Waals surface area contributed by atoms with Gasteiger partial charge in [-0.25, -0.2) is 13.2 Å². The molecular weight excluding hydrogens is 318 g/mol. The number of nitrogens with zero attached hydrogens (tertiary/aromatic N) is 1. The van der Waals surface area contributed by atoms with Gasteiger partial charge in [-0.2, -0.15) is 0 Å². The van der Waals surface area contributed by atoms with Crippen molar-refractivity contribution in [3.63, 3.8) is 0 Å². The van der Waals surface area contributed by atoms with E-state index >= 15 is 0 Å². The number of benzene rings is 1. The average molecular weight is 341 g/mol. The fourth-order valence-corrected chi connectivity index (χ4v) is 3.50. The van der Waals surface area contributed by atoms with E-state index in [0.717, 1.165) is 0 Å². The number of rotatable bonds is 8. The number of carbonyl (C=O) groups excluding carboxylic acids is 1. The molecular formula is C16H23NO5S. The van der Waals surface area contributed by atoms with Gasteiger partial charge in [-0.3, -0.25) is 4.79 Å². The second-order valence-electron chi connectivity index (χ2n) is 5.41. The van der Waals surface area contributed by atoms with Crippen molar-refractivity contribution in [3.05, 3.63) is 35.4 Å². The van der Waals surface area contributed by atoms with Gasteiger partial charge in [0.2, 0.25) is 5.91 Å². The van der Waals surface area contributed by atoms with Crippen LogP contribution in [-0.2, 0) is 21.1 Å². The van der Waals surface area contributed by atoms with E-state index in [1.54, 1.807) is 32.9 Å². The first-order chi connectivity index (χ1) is 10.7. The van der Waals surface area contributed by atoms with Crippen molar-refractivity contribution in [2.45, 2.75) is 33.2 Å². The summed E-state index contributed by atoms with van der Waals surface area (Å²) in [6.45, 7) is 5.54. The van der Waals surface area contributed by atoms with Crippen LogP contribution in [0.15, 0.2) is 24.3 Å². The Hall–Kier alpha value is -1.89. The smallest absolute Gasteiger partial charge is 0.335 e. The molecule has 0 spiro atoms. The maximum atomic E-state index is 12.4. The van der Waals surface area contributed by atoms with Crippen molar-refractivity contribution in [1.82, 2.24) is 4.90 Å². The highest BCUT2D eigenvalue weighted by Crippen LogP contribution is 2.10. The standard InChI is InChI=1S/C16H23NO5S/c1-4-17(12(3)11-23(21,22)5-2)15(18)10-13-6-8-14(9-7-13)16(19)20/h6-9,12H,4-5,10-11H2,1-3H3,(H,19,20). The van der Waals surface area contributed by atoms with E-state index in [9.17, 15) is 18.0 Å². The molecule has 23 heavy (non-hydrogen) atoms. The average Bonchev–Trinajstić information content (AvgIpc) is 2.48. The molecule has 0 aromatic heterocycles. The number of hydrogen-bond donors (Lipinski definition) is 1. The summed E-state index contributed by atoms with van der Waals surface area (Å²) in [5.74, 6) is -1.19. The first-order valence-electron chi connectivity index (χ1n) is 7.52. The van der Waals surface area contributed by atoms with E-state index in [4.69, 9.17) is 5.11 Å². The Balaban J connectivity index is 2.78. The number of carboxylic acid groups (broad SMARTS) is 1. The lowest BCUT2D eigenvalue weighted by Crippen LogP contribution is -2.43. The Kier molecular flexibility index (Phi) is 6.75. The van der Waals surface area contributed by atoms with Crippen molar-refractivity contribution in [2.75, 3.05) is 18.1 Å². The molecule has 0 fully saturated rings. The molecule has 0 aliphatic carbocycles. The summed E-state index contributed by atoms with van der Waals surface area (Å²) in [5, 5.41) is 8.86. The zero-order chi connectivity index (χ0) is 17.6. The third kappa shape index (κ3) is 5.67. The number of amides is 1. The number of aromatic carboxylic acids is 1. The molecule has 128 valence electrons. The maximum Gasteiger partial charge on any atom is 0.335 e. The van der Waals surface area contributed by atoms with Crippen molar-refractivity contribution < 1.29 is 23.1 Å². The van der Waals surface area contributed by atoms with E-state index in [1.165, 1.54) is 17.0 Å². The Morgan fingerprint density at radius 3 is 2.17 bits per heavy atom. The zero-order valence-electron chi connectivity index (χ0n) is 13.7. The van der Waals surface area contributed by atoms with Crippen LogP contribution >= 0.6 is 0 Å². The van der Waals surface area contributed by atoms with Crippen LogP contribution in [0, 0.1) is 0 Å². The highest BCUT2D eigenvalue weighted by Gasteiger charge is 2.23. The van der Waals surface area contributed by atoms with E-state index in [1.807, 2.05) is 0 Å². The van der Waals surface area contributed by atoms with E-state index in [2.05, 4.69) is 0 Å². The van der Waals surface area contributed by atoms with Gasteiger partial charge in [0.15, 0.2) is 9.84 Å². The van der Waals surface area contributed by atoms with E-state index in [0.29, 0.717) is 12.1 Å². The molecule has 0 aliphatic heterocycles. The fraction of sp³-hybridized carbons (Fsp3) is 0.500. The highest BCUT2D eigenvalue weighted by atomic mass is 32.2. The summed E-state index contributed by atoms with van der Waals surface area (Å²) < 4.78 is 23.4. The van der Waals surface area contributed by atoms with E-state index < -0.39 is 21.8 Å². The van der Waals surface area contributed by atoms with Gasteiger partial charge in [0, 0.05) is 18.3 Å². The molecule has 7 heteroatoms. The lowest BCUT2D eigenvalue weighted by Gasteiger charge is -2.28. The molecule has 0 bridgehead atoms. The predicted octanol–water partition coefficient (Wildman–Crippen LogP) is 1.60. The van der Waals surface area contributed by atoms with Gasteiger partial charge in [0.1, 0.15) is 0 Å². The molecule has 1 unspecified atom stereocenters. The minimum absolute atomic E-state index is 0.0545. The Morgan fingerprint density at radius 1 is 1.17 bits per heavy atom. The normalized spacial score (nSPS) is 12.7. The Bertz CT molecular complexity index is 652. The molecule has 1 amide bonds. The number of sulfone groups is 1. The molecule has 0 radical (unpaired) electrons. The zero-order valence-corrected chi connectivity index (χ0v) is 14.5. The van der Waals surface area contributed by atoms with Gasteiger partial charge in [-0.05, 0) is 31.5 Å². The van der Waals surface area contributed by atoms with Gasteiger partial charge in [0.25, 0.3) is 0 Å². The van der Waals surface area contributed by atoms with Gasteiger partial charge >= 0.3 is 5.97 Å². The molecule has 0 saturated heterocycles. The minimum atomic E-state index is -3.15. The first kappa shape index (κ1) is 19.2. The third-order valence-electron chi connectivity index (χ3n) is 3.68. The van der Waals surface area contributed by atoms with Gasteiger partial charge < -0.3 is 10.0 Å². The van der Waals surface area contributed by atoms with Crippen LogP contribution in [0.25, 0.3) is 0 Å². The molecule has 6 nitrogen and oxygen atoms in total. The summed E-state index contributed by atoms with van der Waals surface area (Å²) in [7, 11) is -3.15. The van der Waals surface area contributed by atoms with Crippen LogP contribution < -0.4 is 0 Å². The number of carbonyl (C=O) groups is 2. The molecule has 1 aromatic rings. The fourth-order valence-electron chi connectivity index (χ4n) is 2.35. The van der Waals surface area contributed by atoms with Crippen molar-refractivity contribution in [3.8, 4) is 0 Å².